The number of benzene rings is 2. The molecule has 0 saturated carbocycles. The van der Waals surface area contributed by atoms with Crippen molar-refractivity contribution < 1.29 is 9.10 Å². The van der Waals surface area contributed by atoms with Gasteiger partial charge in [-0.2, -0.15) is 4.68 Å². The molecule has 0 atom stereocenters. The van der Waals surface area contributed by atoms with Crippen molar-refractivity contribution in [2.24, 2.45) is 7.05 Å². The Bertz CT molecular complexity index is 933. The van der Waals surface area contributed by atoms with Crippen LogP contribution >= 0.6 is 0 Å². The highest BCUT2D eigenvalue weighted by Gasteiger charge is 2.13. The van der Waals surface area contributed by atoms with Gasteiger partial charge in [-0.15, -0.1) is 4.68 Å². The minimum absolute atomic E-state index is 0.903. The molecule has 2 aromatic carbocycles. The Balaban J connectivity index is 2.08. The highest BCUT2D eigenvalue weighted by atomic mass is 16.3. The van der Waals surface area contributed by atoms with Gasteiger partial charge in [0.15, 0.2) is 0 Å². The van der Waals surface area contributed by atoms with Gasteiger partial charge in [-0.3, -0.25) is 0 Å². The van der Waals surface area contributed by atoms with Crippen LogP contribution in [0, 0.1) is 6.92 Å². The fraction of sp³-hybridized carbons (Fsp3) is 0.125. The fourth-order valence-electron chi connectivity index (χ4n) is 2.67. The Morgan fingerprint density at radius 3 is 2.75 bits per heavy atom. The van der Waals surface area contributed by atoms with Gasteiger partial charge >= 0.3 is 6.33 Å². The zero-order valence-electron chi connectivity index (χ0n) is 11.4. The first-order valence-electron chi connectivity index (χ1n) is 6.54. The summed E-state index contributed by atoms with van der Waals surface area (Å²) in [7, 11) is 1.97. The summed E-state index contributed by atoms with van der Waals surface area (Å²) in [6.07, 6.45) is 3.58. The van der Waals surface area contributed by atoms with Gasteiger partial charge in [0.25, 0.3) is 0 Å². The van der Waals surface area contributed by atoms with Crippen molar-refractivity contribution in [3.8, 4) is 5.69 Å². The standard InChI is InChI=1S/C16H14N3O/c1-11-7-13-12-5-3-4-6-15(12)20-16(13)8-14(11)19-10-17-9-18(19)2/h3-10H,1-2H3/q+1. The van der Waals surface area contributed by atoms with Gasteiger partial charge in [-0.1, -0.05) is 18.2 Å². The minimum Gasteiger partial charge on any atom is -0.456 e. The SMILES string of the molecule is Cc1cc2c(cc1-n1cnc[n+]1C)oc1ccccc12. The van der Waals surface area contributed by atoms with E-state index in [0.29, 0.717) is 0 Å². The third kappa shape index (κ3) is 1.48. The number of aryl methyl sites for hydroxylation is 2. The van der Waals surface area contributed by atoms with Crippen LogP contribution in [0.1, 0.15) is 5.56 Å². The molecule has 2 heterocycles. The van der Waals surface area contributed by atoms with Gasteiger partial charge in [0, 0.05) is 16.8 Å². The lowest BCUT2D eigenvalue weighted by atomic mass is 10.1. The second-order valence-electron chi connectivity index (χ2n) is 5.03. The van der Waals surface area contributed by atoms with Crippen LogP contribution in [-0.2, 0) is 7.05 Å². The van der Waals surface area contributed by atoms with E-state index in [4.69, 9.17) is 4.42 Å². The van der Waals surface area contributed by atoms with E-state index < -0.39 is 0 Å². The molecular formula is C16H14N3O+. The van der Waals surface area contributed by atoms with Crippen LogP contribution in [0.3, 0.4) is 0 Å². The summed E-state index contributed by atoms with van der Waals surface area (Å²) in [5.74, 6) is 0. The fourth-order valence-corrected chi connectivity index (χ4v) is 2.67. The highest BCUT2D eigenvalue weighted by molar-refractivity contribution is 6.05. The number of rotatable bonds is 1. The second kappa shape index (κ2) is 3.93. The molecule has 0 aliphatic rings. The minimum atomic E-state index is 0.903. The summed E-state index contributed by atoms with van der Waals surface area (Å²) in [6, 6.07) is 12.4. The smallest absolute Gasteiger partial charge is 0.306 e. The molecule has 0 aliphatic carbocycles. The van der Waals surface area contributed by atoms with E-state index in [-0.39, 0.29) is 0 Å². The zero-order chi connectivity index (χ0) is 13.7. The van der Waals surface area contributed by atoms with Crippen molar-refractivity contribution >= 4 is 21.9 Å². The molecule has 0 radical (unpaired) electrons. The average Bonchev–Trinajstić information content (AvgIpc) is 3.01. The number of furan rings is 1. The van der Waals surface area contributed by atoms with Crippen molar-refractivity contribution in [1.29, 1.82) is 0 Å². The van der Waals surface area contributed by atoms with Crippen molar-refractivity contribution in [2.75, 3.05) is 0 Å². The first kappa shape index (κ1) is 11.2. The van der Waals surface area contributed by atoms with Crippen LogP contribution in [0.2, 0.25) is 0 Å². The van der Waals surface area contributed by atoms with Crippen molar-refractivity contribution in [3.63, 3.8) is 0 Å². The molecule has 0 amide bonds. The predicted octanol–water partition coefficient (Wildman–Crippen LogP) is 2.90. The van der Waals surface area contributed by atoms with E-state index in [1.165, 1.54) is 5.56 Å². The Hall–Kier alpha value is -2.62. The van der Waals surface area contributed by atoms with E-state index in [0.717, 1.165) is 27.6 Å². The topological polar surface area (TPSA) is 34.8 Å². The van der Waals surface area contributed by atoms with Gasteiger partial charge < -0.3 is 4.42 Å². The molecular weight excluding hydrogens is 250 g/mol. The van der Waals surface area contributed by atoms with Crippen molar-refractivity contribution in [1.82, 2.24) is 9.67 Å². The summed E-state index contributed by atoms with van der Waals surface area (Å²) in [5, 5.41) is 2.32. The number of hydrogen-bond acceptors (Lipinski definition) is 2. The lowest BCUT2D eigenvalue weighted by Crippen LogP contribution is -2.37. The molecule has 0 N–H and O–H groups in total. The molecule has 0 bridgehead atoms. The van der Waals surface area contributed by atoms with Gasteiger partial charge in [-0.25, -0.2) is 0 Å². The Morgan fingerprint density at radius 2 is 1.95 bits per heavy atom. The summed E-state index contributed by atoms with van der Waals surface area (Å²) in [4.78, 5) is 4.16. The Kier molecular flexibility index (Phi) is 2.21. The molecule has 0 aliphatic heterocycles. The second-order valence-corrected chi connectivity index (χ2v) is 5.03. The number of hydrogen-bond donors (Lipinski definition) is 0. The first-order valence-corrected chi connectivity index (χ1v) is 6.54. The van der Waals surface area contributed by atoms with E-state index in [9.17, 15) is 0 Å². The van der Waals surface area contributed by atoms with Gasteiger partial charge in [0.05, 0.1) is 5.69 Å². The lowest BCUT2D eigenvalue weighted by Gasteiger charge is -2.05. The predicted molar refractivity (Wildman–Crippen MR) is 76.8 cm³/mol. The number of fused-ring (bicyclic) bond motifs is 3. The van der Waals surface area contributed by atoms with E-state index in [1.54, 1.807) is 12.7 Å². The van der Waals surface area contributed by atoms with Crippen LogP contribution in [0.4, 0.5) is 0 Å². The molecule has 4 rings (SSSR count). The third-order valence-electron chi connectivity index (χ3n) is 3.69. The first-order chi connectivity index (χ1) is 9.74. The van der Waals surface area contributed by atoms with Crippen molar-refractivity contribution in [3.05, 3.63) is 54.6 Å². The summed E-state index contributed by atoms with van der Waals surface area (Å²) < 4.78 is 9.89. The molecule has 20 heavy (non-hydrogen) atoms. The van der Waals surface area contributed by atoms with Crippen LogP contribution in [0.5, 0.6) is 0 Å². The monoisotopic (exact) mass is 264 g/mol. The number of nitrogens with zero attached hydrogens (tertiary/aromatic N) is 3. The molecule has 0 fully saturated rings. The molecule has 0 spiro atoms. The highest BCUT2D eigenvalue weighted by Crippen LogP contribution is 2.31. The molecule has 0 saturated heterocycles. The average molecular weight is 264 g/mol. The summed E-state index contributed by atoms with van der Waals surface area (Å²) >= 11 is 0. The van der Waals surface area contributed by atoms with E-state index in [2.05, 4.69) is 30.1 Å². The van der Waals surface area contributed by atoms with Gasteiger partial charge in [0.2, 0.25) is 6.33 Å². The Labute approximate surface area is 115 Å². The van der Waals surface area contributed by atoms with Crippen LogP contribution in [-0.4, -0.2) is 9.67 Å². The van der Waals surface area contributed by atoms with Gasteiger partial charge in [-0.05, 0) is 29.6 Å². The van der Waals surface area contributed by atoms with Crippen LogP contribution < -0.4 is 4.68 Å². The Morgan fingerprint density at radius 1 is 1.10 bits per heavy atom. The molecule has 4 aromatic rings. The summed E-state index contributed by atoms with van der Waals surface area (Å²) in [6.45, 7) is 2.11. The quantitative estimate of drug-likeness (QED) is 0.495. The van der Waals surface area contributed by atoms with Gasteiger partial charge in [0.1, 0.15) is 18.2 Å². The maximum absolute atomic E-state index is 5.94. The van der Waals surface area contributed by atoms with Crippen LogP contribution in [0.15, 0.2) is 53.5 Å². The number of para-hydroxylation sites is 1. The van der Waals surface area contributed by atoms with Crippen molar-refractivity contribution in [2.45, 2.75) is 6.92 Å². The van der Waals surface area contributed by atoms with E-state index in [1.807, 2.05) is 34.6 Å². The lowest BCUT2D eigenvalue weighted by molar-refractivity contribution is -0.745. The molecule has 0 unspecified atom stereocenters. The maximum Gasteiger partial charge on any atom is 0.306 e. The van der Waals surface area contributed by atoms with Crippen LogP contribution in [0.25, 0.3) is 27.6 Å². The maximum atomic E-state index is 5.94. The largest absolute Gasteiger partial charge is 0.456 e. The third-order valence-corrected chi connectivity index (χ3v) is 3.69. The number of aromatic nitrogens is 3. The molecule has 4 heteroatoms. The molecule has 2 aromatic heterocycles. The molecule has 4 nitrogen and oxygen atoms in total. The summed E-state index contributed by atoms with van der Waals surface area (Å²) in [5.41, 5.74) is 4.10. The normalized spacial score (nSPS) is 11.5. The zero-order valence-corrected chi connectivity index (χ0v) is 11.4. The molecule has 98 valence electrons. The van der Waals surface area contributed by atoms with E-state index >= 15 is 0 Å².